The first-order valence-electron chi connectivity index (χ1n) is 11.4. The first kappa shape index (κ1) is 21.1. The summed E-state index contributed by atoms with van der Waals surface area (Å²) in [4.78, 5) is 38.8. The Morgan fingerprint density at radius 3 is 2.66 bits per heavy atom. The monoisotopic (exact) mass is 439 g/mol. The number of aryl methyl sites for hydroxylation is 2. The Balaban J connectivity index is 1.43. The van der Waals surface area contributed by atoms with Gasteiger partial charge in [0.2, 0.25) is 11.9 Å². The first-order valence-corrected chi connectivity index (χ1v) is 11.4. The number of amidine groups is 1. The van der Waals surface area contributed by atoms with E-state index in [9.17, 15) is 9.59 Å². The molecular formula is C23H31N6O3+. The maximum Gasteiger partial charge on any atom is 0.397 e. The Kier molecular flexibility index (Phi) is 5.46. The van der Waals surface area contributed by atoms with Gasteiger partial charge in [-0.2, -0.15) is 0 Å². The smallest absolute Gasteiger partial charge is 0.379 e. The van der Waals surface area contributed by atoms with Crippen molar-refractivity contribution in [2.75, 3.05) is 64.4 Å². The van der Waals surface area contributed by atoms with E-state index in [1.165, 1.54) is 16.0 Å². The molecule has 32 heavy (non-hydrogen) atoms. The number of aliphatic imine (C=N–C) groups is 1. The van der Waals surface area contributed by atoms with Crippen LogP contribution in [0.3, 0.4) is 0 Å². The number of urea groups is 1. The number of ether oxygens (including phenoxy) is 1. The molecule has 1 aromatic carbocycles. The lowest BCUT2D eigenvalue weighted by Gasteiger charge is -2.36. The molecule has 4 aliphatic heterocycles. The van der Waals surface area contributed by atoms with Gasteiger partial charge in [-0.1, -0.05) is 22.7 Å². The van der Waals surface area contributed by atoms with Gasteiger partial charge in [0.05, 0.1) is 26.3 Å². The molecule has 5 rings (SSSR count). The minimum Gasteiger partial charge on any atom is -0.379 e. The fourth-order valence-electron chi connectivity index (χ4n) is 5.06. The van der Waals surface area contributed by atoms with Crippen molar-refractivity contribution in [3.8, 4) is 0 Å². The maximum absolute atomic E-state index is 13.5. The molecule has 0 radical (unpaired) electrons. The van der Waals surface area contributed by atoms with Crippen molar-refractivity contribution in [3.63, 3.8) is 0 Å². The third-order valence-electron chi connectivity index (χ3n) is 6.80. The molecule has 9 nitrogen and oxygen atoms in total. The number of morpholine rings is 1. The molecule has 1 atom stereocenters. The van der Waals surface area contributed by atoms with E-state index in [2.05, 4.69) is 46.4 Å². The number of carbonyl (C=O) groups is 2. The second-order valence-corrected chi connectivity index (χ2v) is 8.95. The summed E-state index contributed by atoms with van der Waals surface area (Å²) in [6, 6.07) is 5.56. The zero-order chi connectivity index (χ0) is 22.4. The predicted octanol–water partition coefficient (Wildman–Crippen LogP) is 0.889. The van der Waals surface area contributed by atoms with Gasteiger partial charge >= 0.3 is 12.0 Å². The molecule has 9 heteroatoms. The van der Waals surface area contributed by atoms with Crippen LogP contribution < -0.4 is 4.90 Å². The fraction of sp³-hybridized carbons (Fsp3) is 0.565. The van der Waals surface area contributed by atoms with Gasteiger partial charge in [-0.3, -0.25) is 19.5 Å². The minimum absolute atomic E-state index is 0.169. The molecule has 1 unspecified atom stereocenters. The number of rotatable bonds is 4. The summed E-state index contributed by atoms with van der Waals surface area (Å²) < 4.78 is 7.48. The van der Waals surface area contributed by atoms with Crippen LogP contribution in [-0.4, -0.2) is 109 Å². The van der Waals surface area contributed by atoms with Gasteiger partial charge in [0.1, 0.15) is 5.69 Å². The second-order valence-electron chi connectivity index (χ2n) is 8.95. The normalized spacial score (nSPS) is 24.2. The number of hydrogen-bond donors (Lipinski definition) is 0. The van der Waals surface area contributed by atoms with Crippen LogP contribution in [0, 0.1) is 13.8 Å². The highest BCUT2D eigenvalue weighted by molar-refractivity contribution is 6.24. The summed E-state index contributed by atoms with van der Waals surface area (Å²) in [6.45, 7) is 9.88. The molecule has 0 aromatic heterocycles. The average Bonchev–Trinajstić information content (AvgIpc) is 3.19. The Labute approximate surface area is 188 Å². The molecule has 0 aliphatic carbocycles. The van der Waals surface area contributed by atoms with E-state index in [4.69, 9.17) is 9.73 Å². The molecule has 0 saturated carbocycles. The van der Waals surface area contributed by atoms with Crippen LogP contribution in [0.2, 0.25) is 0 Å². The van der Waals surface area contributed by atoms with Crippen LogP contribution in [0.4, 0.5) is 10.5 Å². The van der Waals surface area contributed by atoms with Gasteiger partial charge in [0.15, 0.2) is 0 Å². The molecule has 170 valence electrons. The Hall–Kier alpha value is -2.78. The Morgan fingerprint density at radius 2 is 1.91 bits per heavy atom. The molecule has 0 spiro atoms. The van der Waals surface area contributed by atoms with Gasteiger partial charge in [-0.05, 0) is 25.5 Å². The first-order chi connectivity index (χ1) is 15.5. The van der Waals surface area contributed by atoms with E-state index in [0.717, 1.165) is 44.2 Å². The van der Waals surface area contributed by atoms with Gasteiger partial charge < -0.3 is 4.74 Å². The summed E-state index contributed by atoms with van der Waals surface area (Å²) >= 11 is 0. The molecular weight excluding hydrogens is 408 g/mol. The summed E-state index contributed by atoms with van der Waals surface area (Å²) in [7, 11) is 1.73. The van der Waals surface area contributed by atoms with Gasteiger partial charge in [0.25, 0.3) is 5.91 Å². The number of carbonyl (C=O) groups excluding carboxylic acids is 2. The molecule has 1 aromatic rings. The third-order valence-corrected chi connectivity index (χ3v) is 6.80. The number of benzene rings is 1. The molecule has 0 bridgehead atoms. The lowest BCUT2D eigenvalue weighted by Crippen LogP contribution is -2.64. The average molecular weight is 440 g/mol. The number of likely N-dealkylation sites (N-methyl/N-ethyl adjacent to an activating group) is 1. The van der Waals surface area contributed by atoms with Crippen LogP contribution in [0.15, 0.2) is 23.2 Å². The van der Waals surface area contributed by atoms with Crippen molar-refractivity contribution in [1.82, 2.24) is 14.7 Å². The highest BCUT2D eigenvalue weighted by Crippen LogP contribution is 2.28. The van der Waals surface area contributed by atoms with Gasteiger partial charge in [-0.25, -0.2) is 14.3 Å². The number of amides is 3. The van der Waals surface area contributed by atoms with Crippen molar-refractivity contribution < 1.29 is 18.9 Å². The van der Waals surface area contributed by atoms with E-state index < -0.39 is 6.04 Å². The van der Waals surface area contributed by atoms with Crippen molar-refractivity contribution in [3.05, 3.63) is 29.3 Å². The summed E-state index contributed by atoms with van der Waals surface area (Å²) in [6.07, 6.45) is 0.925. The van der Waals surface area contributed by atoms with E-state index in [1.807, 2.05) is 0 Å². The Morgan fingerprint density at radius 1 is 1.12 bits per heavy atom. The van der Waals surface area contributed by atoms with Crippen molar-refractivity contribution >= 4 is 29.4 Å². The van der Waals surface area contributed by atoms with E-state index in [-0.39, 0.29) is 11.9 Å². The molecule has 4 aliphatic rings. The fourth-order valence-corrected chi connectivity index (χ4v) is 5.06. The Bertz CT molecular complexity index is 1010. The lowest BCUT2D eigenvalue weighted by molar-refractivity contribution is -0.539. The minimum atomic E-state index is -0.536. The van der Waals surface area contributed by atoms with Crippen LogP contribution >= 0.6 is 0 Å². The highest BCUT2D eigenvalue weighted by atomic mass is 16.5. The molecule has 3 amide bonds. The van der Waals surface area contributed by atoms with Crippen LogP contribution in [0.25, 0.3) is 0 Å². The number of hydrogen-bond acceptors (Lipinski definition) is 6. The number of guanidine groups is 1. The van der Waals surface area contributed by atoms with E-state index >= 15 is 0 Å². The number of fused-ring (bicyclic) bond motifs is 2. The molecule has 4 heterocycles. The zero-order valence-corrected chi connectivity index (χ0v) is 19.1. The van der Waals surface area contributed by atoms with Crippen molar-refractivity contribution in [2.45, 2.75) is 26.3 Å². The van der Waals surface area contributed by atoms with Crippen LogP contribution in [0.1, 0.15) is 17.5 Å². The predicted molar refractivity (Wildman–Crippen MR) is 121 cm³/mol. The number of nitrogens with zero attached hydrogens (tertiary/aromatic N) is 6. The SMILES string of the molecule is Cc1ccc(N2CCC[N+]3=C2N=C2C3C(=O)N(CCN3CCOCC3)C(=O)N2C)c(C)c1. The van der Waals surface area contributed by atoms with E-state index in [0.29, 0.717) is 32.1 Å². The van der Waals surface area contributed by atoms with Crippen LogP contribution in [-0.2, 0) is 9.53 Å². The topological polar surface area (TPSA) is 71.7 Å². The zero-order valence-electron chi connectivity index (χ0n) is 19.1. The highest BCUT2D eigenvalue weighted by Gasteiger charge is 2.54. The molecule has 0 N–H and O–H groups in total. The largest absolute Gasteiger partial charge is 0.397 e. The summed E-state index contributed by atoms with van der Waals surface area (Å²) in [5, 5.41) is 0. The lowest BCUT2D eigenvalue weighted by atomic mass is 10.1. The third kappa shape index (κ3) is 3.49. The standard InChI is InChI=1S/C23H31N6O3/c1-16-5-6-18(17(2)15-16)27-7-4-8-28-19-20(24-22(27)28)25(3)23(31)29(21(19)30)10-9-26-11-13-32-14-12-26/h5-6,15,19H,4,7-14H2,1-3H3/q+1. The second kappa shape index (κ2) is 8.29. The quantitative estimate of drug-likeness (QED) is 0.652. The van der Waals surface area contributed by atoms with Crippen LogP contribution in [0.5, 0.6) is 0 Å². The van der Waals surface area contributed by atoms with Gasteiger partial charge in [-0.15, -0.1) is 0 Å². The maximum atomic E-state index is 13.5. The summed E-state index contributed by atoms with van der Waals surface area (Å²) in [5.41, 5.74) is 3.49. The number of imide groups is 1. The van der Waals surface area contributed by atoms with Crippen molar-refractivity contribution in [2.24, 2.45) is 4.99 Å². The molecule has 2 saturated heterocycles. The number of anilines is 1. The van der Waals surface area contributed by atoms with Gasteiger partial charge in [0, 0.05) is 39.6 Å². The van der Waals surface area contributed by atoms with E-state index in [1.54, 1.807) is 11.9 Å². The van der Waals surface area contributed by atoms with Crippen molar-refractivity contribution in [1.29, 1.82) is 0 Å². The molecule has 2 fully saturated rings. The summed E-state index contributed by atoms with van der Waals surface area (Å²) in [5.74, 6) is 1.14.